The van der Waals surface area contributed by atoms with Crippen molar-refractivity contribution in [2.24, 2.45) is 5.92 Å². The number of hydrogen-bond acceptors (Lipinski definition) is 2. The van der Waals surface area contributed by atoms with E-state index in [-0.39, 0.29) is 0 Å². The highest BCUT2D eigenvalue weighted by Crippen LogP contribution is 2.34. The summed E-state index contributed by atoms with van der Waals surface area (Å²) in [5.41, 5.74) is 0. The van der Waals surface area contributed by atoms with Gasteiger partial charge in [-0.15, -0.1) is 0 Å². The van der Waals surface area contributed by atoms with Crippen LogP contribution in [0.2, 0.25) is 0 Å². The first-order chi connectivity index (χ1) is 4.25. The number of nitrogens with zero attached hydrogens (tertiary/aromatic N) is 2. The first-order valence-corrected chi connectivity index (χ1v) is 3.38. The molecule has 1 atom stereocenters. The van der Waals surface area contributed by atoms with E-state index in [4.69, 9.17) is 5.26 Å². The Morgan fingerprint density at radius 1 is 1.67 bits per heavy atom. The smallest absolute Gasteiger partial charge is 0.179 e. The van der Waals surface area contributed by atoms with Gasteiger partial charge in [0.25, 0.3) is 0 Å². The SMILES string of the molecule is CC(C1CC1)N(C)C#N. The van der Waals surface area contributed by atoms with E-state index in [2.05, 4.69) is 13.1 Å². The molecule has 0 heterocycles. The minimum Gasteiger partial charge on any atom is -0.311 e. The molecule has 0 aromatic rings. The van der Waals surface area contributed by atoms with Gasteiger partial charge in [0.05, 0.1) is 0 Å². The fourth-order valence-corrected chi connectivity index (χ4v) is 0.986. The van der Waals surface area contributed by atoms with E-state index in [1.54, 1.807) is 4.90 Å². The van der Waals surface area contributed by atoms with E-state index in [9.17, 15) is 0 Å². The first-order valence-electron chi connectivity index (χ1n) is 3.38. The topological polar surface area (TPSA) is 27.0 Å². The lowest BCUT2D eigenvalue weighted by Gasteiger charge is -2.16. The van der Waals surface area contributed by atoms with Gasteiger partial charge in [0.2, 0.25) is 0 Å². The normalized spacial score (nSPS) is 20.6. The van der Waals surface area contributed by atoms with Gasteiger partial charge in [0.1, 0.15) is 0 Å². The van der Waals surface area contributed by atoms with Crippen LogP contribution in [-0.4, -0.2) is 18.0 Å². The maximum absolute atomic E-state index is 8.46. The monoisotopic (exact) mass is 124 g/mol. The van der Waals surface area contributed by atoms with Crippen molar-refractivity contribution in [3.63, 3.8) is 0 Å². The average molecular weight is 124 g/mol. The molecule has 1 aliphatic carbocycles. The Morgan fingerprint density at radius 2 is 2.22 bits per heavy atom. The third-order valence-electron chi connectivity index (χ3n) is 2.07. The van der Waals surface area contributed by atoms with Crippen LogP contribution >= 0.6 is 0 Å². The van der Waals surface area contributed by atoms with Crippen molar-refractivity contribution >= 4 is 0 Å². The van der Waals surface area contributed by atoms with Crippen molar-refractivity contribution in [1.82, 2.24) is 4.90 Å². The van der Waals surface area contributed by atoms with Crippen molar-refractivity contribution in [2.45, 2.75) is 25.8 Å². The molecule has 0 aromatic heterocycles. The van der Waals surface area contributed by atoms with Crippen molar-refractivity contribution in [3.8, 4) is 6.19 Å². The molecule has 0 bridgehead atoms. The maximum Gasteiger partial charge on any atom is 0.179 e. The molecule has 1 fully saturated rings. The molecule has 2 heteroatoms. The van der Waals surface area contributed by atoms with E-state index in [0.717, 1.165) is 5.92 Å². The van der Waals surface area contributed by atoms with Crippen LogP contribution in [0.5, 0.6) is 0 Å². The van der Waals surface area contributed by atoms with Crippen LogP contribution in [-0.2, 0) is 0 Å². The molecule has 1 unspecified atom stereocenters. The largest absolute Gasteiger partial charge is 0.311 e. The maximum atomic E-state index is 8.46. The fourth-order valence-electron chi connectivity index (χ4n) is 0.986. The zero-order valence-electron chi connectivity index (χ0n) is 5.96. The lowest BCUT2D eigenvalue weighted by molar-refractivity contribution is 0.332. The second kappa shape index (κ2) is 2.26. The third-order valence-corrected chi connectivity index (χ3v) is 2.07. The molecule has 0 aromatic carbocycles. The molecule has 0 radical (unpaired) electrons. The minimum atomic E-state index is 0.468. The summed E-state index contributed by atoms with van der Waals surface area (Å²) in [4.78, 5) is 1.73. The van der Waals surface area contributed by atoms with Crippen molar-refractivity contribution < 1.29 is 0 Å². The highest BCUT2D eigenvalue weighted by atomic mass is 15.1. The van der Waals surface area contributed by atoms with Gasteiger partial charge >= 0.3 is 0 Å². The van der Waals surface area contributed by atoms with Crippen molar-refractivity contribution in [3.05, 3.63) is 0 Å². The quantitative estimate of drug-likeness (QED) is 0.408. The Labute approximate surface area is 56.1 Å². The van der Waals surface area contributed by atoms with Crippen molar-refractivity contribution in [2.75, 3.05) is 7.05 Å². The summed E-state index contributed by atoms with van der Waals surface area (Å²) >= 11 is 0. The van der Waals surface area contributed by atoms with E-state index in [0.29, 0.717) is 6.04 Å². The van der Waals surface area contributed by atoms with Crippen LogP contribution in [0.15, 0.2) is 0 Å². The van der Waals surface area contributed by atoms with Crippen LogP contribution in [0.1, 0.15) is 19.8 Å². The standard InChI is InChI=1S/C7H12N2/c1-6(7-3-4-7)9(2)5-8/h6-7H,3-4H2,1-2H3. The third kappa shape index (κ3) is 1.35. The van der Waals surface area contributed by atoms with Gasteiger partial charge in [-0.2, -0.15) is 5.26 Å². The molecule has 0 N–H and O–H groups in total. The highest BCUT2D eigenvalue weighted by molar-refractivity contribution is 4.88. The van der Waals surface area contributed by atoms with Gasteiger partial charge in [0.15, 0.2) is 6.19 Å². The van der Waals surface area contributed by atoms with E-state index < -0.39 is 0 Å². The summed E-state index contributed by atoms with van der Waals surface area (Å²) in [6.45, 7) is 2.11. The summed E-state index contributed by atoms with van der Waals surface area (Å²) in [5.74, 6) is 0.801. The Kier molecular flexibility index (Phi) is 1.61. The predicted molar refractivity (Wildman–Crippen MR) is 35.6 cm³/mol. The number of nitriles is 1. The summed E-state index contributed by atoms with van der Waals surface area (Å²) in [7, 11) is 1.85. The zero-order chi connectivity index (χ0) is 6.85. The first kappa shape index (κ1) is 6.41. The van der Waals surface area contributed by atoms with Gasteiger partial charge in [-0.1, -0.05) is 0 Å². The van der Waals surface area contributed by atoms with Gasteiger partial charge in [-0.25, -0.2) is 0 Å². The molecule has 50 valence electrons. The van der Waals surface area contributed by atoms with Crippen LogP contribution < -0.4 is 0 Å². The molecule has 1 aliphatic rings. The molecule has 9 heavy (non-hydrogen) atoms. The average Bonchev–Trinajstić information content (AvgIpc) is 2.66. The number of rotatable bonds is 2. The van der Waals surface area contributed by atoms with Crippen LogP contribution in [0.25, 0.3) is 0 Å². The Hall–Kier alpha value is -0.710. The second-order valence-electron chi connectivity index (χ2n) is 2.79. The number of hydrogen-bond donors (Lipinski definition) is 0. The summed E-state index contributed by atoms with van der Waals surface area (Å²) < 4.78 is 0. The van der Waals surface area contributed by atoms with Crippen LogP contribution in [0, 0.1) is 17.4 Å². The predicted octanol–water partition coefficient (Wildman–Crippen LogP) is 1.20. The molecular formula is C7H12N2. The Bertz CT molecular complexity index is 132. The lowest BCUT2D eigenvalue weighted by atomic mass is 10.2. The minimum absolute atomic E-state index is 0.468. The van der Waals surface area contributed by atoms with Crippen molar-refractivity contribution in [1.29, 1.82) is 5.26 Å². The van der Waals surface area contributed by atoms with Gasteiger partial charge in [-0.3, -0.25) is 0 Å². The van der Waals surface area contributed by atoms with Crippen LogP contribution in [0.3, 0.4) is 0 Å². The Balaban J connectivity index is 2.32. The lowest BCUT2D eigenvalue weighted by Crippen LogP contribution is -2.25. The molecule has 2 nitrogen and oxygen atoms in total. The second-order valence-corrected chi connectivity index (χ2v) is 2.79. The van der Waals surface area contributed by atoms with Gasteiger partial charge < -0.3 is 4.90 Å². The Morgan fingerprint density at radius 3 is 2.56 bits per heavy atom. The zero-order valence-corrected chi connectivity index (χ0v) is 5.96. The fraction of sp³-hybridized carbons (Fsp3) is 0.857. The molecular weight excluding hydrogens is 112 g/mol. The van der Waals surface area contributed by atoms with E-state index in [1.807, 2.05) is 7.05 Å². The summed E-state index contributed by atoms with van der Waals surface area (Å²) in [6.07, 6.45) is 4.74. The molecule has 0 saturated heterocycles. The van der Waals surface area contributed by atoms with E-state index >= 15 is 0 Å². The molecule has 1 rings (SSSR count). The van der Waals surface area contributed by atoms with E-state index in [1.165, 1.54) is 12.8 Å². The molecule has 0 amide bonds. The van der Waals surface area contributed by atoms with Gasteiger partial charge in [0, 0.05) is 13.1 Å². The molecule has 0 spiro atoms. The van der Waals surface area contributed by atoms with Gasteiger partial charge in [-0.05, 0) is 25.7 Å². The summed E-state index contributed by atoms with van der Waals surface area (Å²) in [6, 6.07) is 0.468. The van der Waals surface area contributed by atoms with Crippen LogP contribution in [0.4, 0.5) is 0 Å². The highest BCUT2D eigenvalue weighted by Gasteiger charge is 2.29. The summed E-state index contributed by atoms with van der Waals surface area (Å²) in [5, 5.41) is 8.46. The molecule has 1 saturated carbocycles. The molecule has 0 aliphatic heterocycles.